The summed E-state index contributed by atoms with van der Waals surface area (Å²) in [6, 6.07) is 20.3. The summed E-state index contributed by atoms with van der Waals surface area (Å²) in [6.07, 6.45) is 4.90. The van der Waals surface area contributed by atoms with Gasteiger partial charge in [-0.3, -0.25) is 14.9 Å². The molecule has 206 valence electrons. The maximum Gasteiger partial charge on any atom is 0.288 e. The molecule has 0 spiro atoms. The third-order valence-electron chi connectivity index (χ3n) is 7.60. The first-order valence-corrected chi connectivity index (χ1v) is 13.6. The fraction of sp³-hybridized carbons (Fsp3) is 0.290. The van der Waals surface area contributed by atoms with E-state index in [0.717, 1.165) is 53.0 Å². The summed E-state index contributed by atoms with van der Waals surface area (Å²) in [5, 5.41) is 18.0. The van der Waals surface area contributed by atoms with Crippen molar-refractivity contribution in [3.8, 4) is 0 Å². The lowest BCUT2D eigenvalue weighted by Gasteiger charge is -2.30. The summed E-state index contributed by atoms with van der Waals surface area (Å²) in [5.74, 6) is -0.379. The number of anilines is 2. The fourth-order valence-corrected chi connectivity index (χ4v) is 5.65. The topological polar surface area (TPSA) is 82.3 Å². The van der Waals surface area contributed by atoms with Gasteiger partial charge in [0.25, 0.3) is 11.6 Å². The van der Waals surface area contributed by atoms with Crippen LogP contribution < -0.4 is 9.80 Å². The number of nitro benzene ring substituents is 1. The Balaban J connectivity index is 1.57. The zero-order valence-corrected chi connectivity index (χ0v) is 23.8. The number of halogens is 1. The lowest BCUT2D eigenvalue weighted by atomic mass is 9.77. The van der Waals surface area contributed by atoms with Gasteiger partial charge in [0.1, 0.15) is 5.02 Å². The number of amides is 1. The van der Waals surface area contributed by atoms with Crippen LogP contribution in [0.15, 0.2) is 77.4 Å². The minimum Gasteiger partial charge on any atom is -0.378 e. The number of allylic oxidation sites excluding steroid dienone is 1. The van der Waals surface area contributed by atoms with E-state index in [1.54, 1.807) is 0 Å². The lowest BCUT2D eigenvalue weighted by Crippen LogP contribution is -2.32. The molecule has 0 bridgehead atoms. The minimum absolute atomic E-state index is 0.00992. The average Bonchev–Trinajstić information content (AvgIpc) is 3.33. The number of nitrogens with zero attached hydrogens (tertiary/aromatic N) is 5. The molecule has 1 fully saturated rings. The van der Waals surface area contributed by atoms with Crippen molar-refractivity contribution in [3.63, 3.8) is 0 Å². The van der Waals surface area contributed by atoms with Crippen molar-refractivity contribution >= 4 is 46.4 Å². The molecule has 2 aliphatic rings. The van der Waals surface area contributed by atoms with Crippen LogP contribution in [0.3, 0.4) is 0 Å². The van der Waals surface area contributed by atoms with Gasteiger partial charge in [-0.25, -0.2) is 5.01 Å². The number of hydrogen-bond acceptors (Lipinski definition) is 6. The molecule has 1 saturated carbocycles. The van der Waals surface area contributed by atoms with Crippen molar-refractivity contribution in [3.05, 3.63) is 104 Å². The second kappa shape index (κ2) is 11.1. The van der Waals surface area contributed by atoms with E-state index in [1.807, 2.05) is 57.4 Å². The second-order valence-corrected chi connectivity index (χ2v) is 11.1. The summed E-state index contributed by atoms with van der Waals surface area (Å²) in [6.45, 7) is 0. The van der Waals surface area contributed by atoms with Gasteiger partial charge in [-0.15, -0.1) is 0 Å². The highest BCUT2D eigenvalue weighted by molar-refractivity contribution is 6.32. The molecule has 1 amide bonds. The minimum atomic E-state index is -0.575. The Morgan fingerprint density at radius 3 is 2.23 bits per heavy atom. The third-order valence-corrected chi connectivity index (χ3v) is 7.92. The highest BCUT2D eigenvalue weighted by atomic mass is 35.5. The molecule has 2 unspecified atom stereocenters. The smallest absolute Gasteiger partial charge is 0.288 e. The van der Waals surface area contributed by atoms with Crippen molar-refractivity contribution < 1.29 is 9.72 Å². The molecule has 0 radical (unpaired) electrons. The maximum atomic E-state index is 13.9. The third kappa shape index (κ3) is 5.31. The first-order chi connectivity index (χ1) is 19.1. The summed E-state index contributed by atoms with van der Waals surface area (Å²) < 4.78 is 0. The molecule has 1 heterocycles. The molecule has 1 aliphatic heterocycles. The van der Waals surface area contributed by atoms with E-state index in [1.165, 1.54) is 23.2 Å². The summed E-state index contributed by atoms with van der Waals surface area (Å²) in [4.78, 5) is 29.0. The van der Waals surface area contributed by atoms with Crippen LogP contribution in [0.4, 0.5) is 17.1 Å². The van der Waals surface area contributed by atoms with Crippen LogP contribution in [0, 0.1) is 16.0 Å². The van der Waals surface area contributed by atoms with Crippen molar-refractivity contribution in [2.24, 2.45) is 11.0 Å². The normalized spacial score (nSPS) is 19.3. The Bertz CT molecular complexity index is 1500. The molecule has 0 N–H and O–H groups in total. The average molecular weight is 558 g/mol. The molecule has 0 saturated heterocycles. The van der Waals surface area contributed by atoms with Gasteiger partial charge >= 0.3 is 0 Å². The van der Waals surface area contributed by atoms with Crippen molar-refractivity contribution in [1.29, 1.82) is 0 Å². The molecule has 3 aromatic carbocycles. The van der Waals surface area contributed by atoms with E-state index in [-0.39, 0.29) is 28.2 Å². The summed E-state index contributed by atoms with van der Waals surface area (Å²) in [7, 11) is 7.99. The molecule has 3 aromatic rings. The largest absolute Gasteiger partial charge is 0.378 e. The quantitative estimate of drug-likeness (QED) is 0.245. The highest BCUT2D eigenvalue weighted by Gasteiger charge is 2.44. The standard InChI is InChI=1S/C31H32ClN5O3/c1-34(2)24-13-8-20(9-14-24)18-22-6-5-7-26-29(22)33-36(30(26)21-10-15-25(16-11-21)35(3)4)31(38)23-12-17-27(32)28(19-23)37(39)40/h8-19,26,30H,5-7H2,1-4H3/b22-18+. The summed E-state index contributed by atoms with van der Waals surface area (Å²) >= 11 is 6.03. The molecule has 40 heavy (non-hydrogen) atoms. The Morgan fingerprint density at radius 1 is 1.00 bits per heavy atom. The second-order valence-electron chi connectivity index (χ2n) is 10.6. The van der Waals surface area contributed by atoms with Gasteiger partial charge in [0, 0.05) is 57.1 Å². The Labute approximate surface area is 239 Å². The van der Waals surface area contributed by atoms with Crippen molar-refractivity contribution in [2.75, 3.05) is 38.0 Å². The Hall–Kier alpha value is -4.17. The zero-order chi connectivity index (χ0) is 28.6. The molecule has 9 heteroatoms. The van der Waals surface area contributed by atoms with E-state index in [0.29, 0.717) is 0 Å². The number of hydrogen-bond donors (Lipinski definition) is 0. The Morgan fingerprint density at radius 2 is 1.62 bits per heavy atom. The molecule has 2 atom stereocenters. The van der Waals surface area contributed by atoms with Crippen LogP contribution in [-0.2, 0) is 0 Å². The number of hydrazone groups is 1. The highest BCUT2D eigenvalue weighted by Crippen LogP contribution is 2.45. The van der Waals surface area contributed by atoms with Crippen LogP contribution >= 0.6 is 11.6 Å². The van der Waals surface area contributed by atoms with Gasteiger partial charge in [-0.05, 0) is 78.4 Å². The van der Waals surface area contributed by atoms with E-state index < -0.39 is 10.8 Å². The predicted molar refractivity (Wildman–Crippen MR) is 161 cm³/mol. The van der Waals surface area contributed by atoms with Gasteiger partial charge < -0.3 is 9.80 Å². The van der Waals surface area contributed by atoms with Crippen LogP contribution in [0.5, 0.6) is 0 Å². The molecule has 5 rings (SSSR count). The number of nitro groups is 1. The van der Waals surface area contributed by atoms with Crippen molar-refractivity contribution in [2.45, 2.75) is 25.3 Å². The number of rotatable bonds is 6. The number of carbonyl (C=O) groups excluding carboxylic acids is 1. The fourth-order valence-electron chi connectivity index (χ4n) is 5.46. The number of benzene rings is 3. The van der Waals surface area contributed by atoms with Crippen LogP contribution in [0.2, 0.25) is 5.02 Å². The Kier molecular flexibility index (Phi) is 7.63. The summed E-state index contributed by atoms with van der Waals surface area (Å²) in [5.41, 5.74) is 6.12. The maximum absolute atomic E-state index is 13.9. The van der Waals surface area contributed by atoms with Crippen molar-refractivity contribution in [1.82, 2.24) is 5.01 Å². The van der Waals surface area contributed by atoms with E-state index >= 15 is 0 Å². The lowest BCUT2D eigenvalue weighted by molar-refractivity contribution is -0.384. The van der Waals surface area contributed by atoms with Crippen LogP contribution in [0.1, 0.15) is 46.8 Å². The SMILES string of the molecule is CN(C)c1ccc(/C=C2\CCCC3C2=NN(C(=O)c2ccc(Cl)c([N+](=O)[O-])c2)C3c2ccc(N(C)C)cc2)cc1. The van der Waals surface area contributed by atoms with Gasteiger partial charge in [0.2, 0.25) is 0 Å². The molecular formula is C31H32ClN5O3. The van der Waals surface area contributed by atoms with Gasteiger partial charge in [0.05, 0.1) is 16.7 Å². The van der Waals surface area contributed by atoms with E-state index in [4.69, 9.17) is 16.7 Å². The predicted octanol–water partition coefficient (Wildman–Crippen LogP) is 6.82. The molecular weight excluding hydrogens is 526 g/mol. The van der Waals surface area contributed by atoms with Gasteiger partial charge in [-0.2, -0.15) is 5.10 Å². The van der Waals surface area contributed by atoms with E-state index in [2.05, 4.69) is 35.2 Å². The monoisotopic (exact) mass is 557 g/mol. The first-order valence-electron chi connectivity index (χ1n) is 13.3. The first kappa shape index (κ1) is 27.4. The van der Waals surface area contributed by atoms with Gasteiger partial charge in [-0.1, -0.05) is 35.9 Å². The molecule has 1 aliphatic carbocycles. The van der Waals surface area contributed by atoms with Crippen LogP contribution in [-0.4, -0.2) is 49.7 Å². The molecule has 0 aromatic heterocycles. The number of fused-ring (bicyclic) bond motifs is 1. The van der Waals surface area contributed by atoms with Gasteiger partial charge in [0.15, 0.2) is 0 Å². The van der Waals surface area contributed by atoms with Crippen LogP contribution in [0.25, 0.3) is 6.08 Å². The number of carbonyl (C=O) groups is 1. The zero-order valence-electron chi connectivity index (χ0n) is 23.0. The van der Waals surface area contributed by atoms with E-state index in [9.17, 15) is 14.9 Å². The molecule has 8 nitrogen and oxygen atoms in total.